The first-order valence-electron chi connectivity index (χ1n) is 8.72. The van der Waals surface area contributed by atoms with Crippen molar-refractivity contribution in [2.75, 3.05) is 23.9 Å². The van der Waals surface area contributed by atoms with Crippen molar-refractivity contribution in [1.29, 1.82) is 0 Å². The second-order valence-electron chi connectivity index (χ2n) is 6.40. The molecule has 0 bridgehead atoms. The number of hydrogen-bond acceptors (Lipinski definition) is 5. The first-order chi connectivity index (χ1) is 13.4. The Balaban J connectivity index is 1.83. The molecule has 0 fully saturated rings. The van der Waals surface area contributed by atoms with Gasteiger partial charge in [0.25, 0.3) is 11.8 Å². The molecule has 0 radical (unpaired) electrons. The summed E-state index contributed by atoms with van der Waals surface area (Å²) in [6.45, 7) is 1.47. The molecule has 8 nitrogen and oxygen atoms in total. The van der Waals surface area contributed by atoms with Gasteiger partial charge in [0.1, 0.15) is 11.5 Å². The lowest BCUT2D eigenvalue weighted by atomic mass is 10.1. The minimum atomic E-state index is -0.690. The number of rotatable bonds is 5. The normalized spacial score (nSPS) is 15.9. The number of carbonyl (C=O) groups excluding carboxylic acids is 3. The zero-order valence-electron chi connectivity index (χ0n) is 15.6. The molecule has 1 atom stereocenters. The number of primary amides is 1. The van der Waals surface area contributed by atoms with Crippen LogP contribution in [-0.4, -0.2) is 37.5 Å². The molecule has 3 amide bonds. The van der Waals surface area contributed by atoms with Gasteiger partial charge in [0, 0.05) is 12.5 Å². The zero-order chi connectivity index (χ0) is 20.3. The first-order valence-corrected chi connectivity index (χ1v) is 8.72. The highest BCUT2D eigenvalue weighted by molar-refractivity contribution is 6.05. The van der Waals surface area contributed by atoms with Crippen LogP contribution in [0.3, 0.4) is 0 Å². The van der Waals surface area contributed by atoms with Crippen LogP contribution in [0.15, 0.2) is 42.5 Å². The van der Waals surface area contributed by atoms with Crippen molar-refractivity contribution in [2.24, 2.45) is 5.73 Å². The molecule has 0 saturated heterocycles. The van der Waals surface area contributed by atoms with Gasteiger partial charge in [0.05, 0.1) is 24.0 Å². The minimum Gasteiger partial charge on any atom is -0.497 e. The summed E-state index contributed by atoms with van der Waals surface area (Å²) < 4.78 is 10.7. The molecule has 8 heteroatoms. The third-order valence-corrected chi connectivity index (χ3v) is 4.43. The number of para-hydroxylation sites is 2. The van der Waals surface area contributed by atoms with E-state index in [1.54, 1.807) is 37.3 Å². The fourth-order valence-corrected chi connectivity index (χ4v) is 3.13. The molecule has 1 unspecified atom stereocenters. The predicted octanol–water partition coefficient (Wildman–Crippen LogP) is 1.94. The Morgan fingerprint density at radius 2 is 2.00 bits per heavy atom. The number of carbonyl (C=O) groups is 3. The summed E-state index contributed by atoms with van der Waals surface area (Å²) in [7, 11) is 1.47. The van der Waals surface area contributed by atoms with Crippen LogP contribution >= 0.6 is 0 Å². The summed E-state index contributed by atoms with van der Waals surface area (Å²) in [5, 5.41) is 2.80. The molecular formula is C20H21N3O5. The molecule has 0 saturated carbocycles. The van der Waals surface area contributed by atoms with Gasteiger partial charge in [-0.2, -0.15) is 0 Å². The van der Waals surface area contributed by atoms with Crippen LogP contribution in [0.25, 0.3) is 0 Å². The van der Waals surface area contributed by atoms with E-state index < -0.39 is 5.91 Å². The summed E-state index contributed by atoms with van der Waals surface area (Å²) >= 11 is 0. The maximum Gasteiger partial charge on any atom is 0.265 e. The summed E-state index contributed by atoms with van der Waals surface area (Å²) in [5.41, 5.74) is 6.67. The molecule has 0 aromatic heterocycles. The predicted molar refractivity (Wildman–Crippen MR) is 104 cm³/mol. The van der Waals surface area contributed by atoms with Gasteiger partial charge < -0.3 is 25.4 Å². The topological polar surface area (TPSA) is 111 Å². The van der Waals surface area contributed by atoms with Gasteiger partial charge in [-0.1, -0.05) is 12.1 Å². The Kier molecular flexibility index (Phi) is 5.49. The number of nitrogens with two attached hydrogens (primary N) is 1. The van der Waals surface area contributed by atoms with Gasteiger partial charge >= 0.3 is 0 Å². The molecule has 28 heavy (non-hydrogen) atoms. The standard InChI is InChI=1S/C20H21N3O5/c1-12-9-18(24)22-15-5-3-4-6-16(15)23(12)19(25)11-28-17-8-7-13(27-2)10-14(17)20(21)26/h3-8,10,12H,9,11H2,1-2H3,(H2,21,26)(H,22,24). The van der Waals surface area contributed by atoms with Crippen molar-refractivity contribution in [3.05, 3.63) is 48.0 Å². The Morgan fingerprint density at radius 1 is 1.25 bits per heavy atom. The van der Waals surface area contributed by atoms with Gasteiger partial charge in [0.2, 0.25) is 5.91 Å². The average molecular weight is 383 g/mol. The third kappa shape index (κ3) is 3.90. The summed E-state index contributed by atoms with van der Waals surface area (Å²) in [6.07, 6.45) is 0.162. The van der Waals surface area contributed by atoms with Crippen LogP contribution in [0.5, 0.6) is 11.5 Å². The Morgan fingerprint density at radius 3 is 2.71 bits per heavy atom. The number of hydrogen-bond donors (Lipinski definition) is 2. The van der Waals surface area contributed by atoms with Crippen LogP contribution in [0.1, 0.15) is 23.7 Å². The van der Waals surface area contributed by atoms with E-state index in [0.717, 1.165) is 0 Å². The molecule has 2 aromatic carbocycles. The molecule has 146 valence electrons. The highest BCUT2D eigenvalue weighted by Gasteiger charge is 2.30. The first kappa shape index (κ1) is 19.2. The molecule has 1 heterocycles. The quantitative estimate of drug-likeness (QED) is 0.820. The molecule has 2 aromatic rings. The van der Waals surface area contributed by atoms with Crippen LogP contribution < -0.4 is 25.4 Å². The lowest BCUT2D eigenvalue weighted by Crippen LogP contribution is -2.41. The number of anilines is 2. The van der Waals surface area contributed by atoms with Crippen molar-refractivity contribution in [3.63, 3.8) is 0 Å². The molecule has 3 N–H and O–H groups in total. The lowest BCUT2D eigenvalue weighted by Gasteiger charge is -2.27. The lowest BCUT2D eigenvalue weighted by molar-refractivity contribution is -0.121. The highest BCUT2D eigenvalue weighted by atomic mass is 16.5. The Hall–Kier alpha value is -3.55. The summed E-state index contributed by atoms with van der Waals surface area (Å²) in [6, 6.07) is 11.3. The van der Waals surface area contributed by atoms with Gasteiger partial charge in [-0.15, -0.1) is 0 Å². The monoisotopic (exact) mass is 383 g/mol. The number of nitrogens with one attached hydrogen (secondary N) is 1. The maximum absolute atomic E-state index is 12.9. The Labute approximate surface area is 162 Å². The van der Waals surface area contributed by atoms with Crippen LogP contribution in [0, 0.1) is 0 Å². The maximum atomic E-state index is 12.9. The SMILES string of the molecule is COc1ccc(OCC(=O)N2c3ccccc3NC(=O)CC2C)c(C(N)=O)c1. The molecular weight excluding hydrogens is 362 g/mol. The summed E-state index contributed by atoms with van der Waals surface area (Å²) in [5.74, 6) is -0.562. The number of benzene rings is 2. The molecule has 0 aliphatic carbocycles. The number of amides is 3. The van der Waals surface area contributed by atoms with Crippen molar-refractivity contribution in [2.45, 2.75) is 19.4 Å². The average Bonchev–Trinajstić information content (AvgIpc) is 2.80. The van der Waals surface area contributed by atoms with Crippen LogP contribution in [0.2, 0.25) is 0 Å². The smallest absolute Gasteiger partial charge is 0.265 e. The van der Waals surface area contributed by atoms with E-state index in [-0.39, 0.29) is 42.2 Å². The molecule has 0 spiro atoms. The van der Waals surface area contributed by atoms with Gasteiger partial charge in [-0.25, -0.2) is 0 Å². The van der Waals surface area contributed by atoms with Crippen LogP contribution in [0.4, 0.5) is 11.4 Å². The van der Waals surface area contributed by atoms with Crippen LogP contribution in [-0.2, 0) is 9.59 Å². The van der Waals surface area contributed by atoms with E-state index >= 15 is 0 Å². The van der Waals surface area contributed by atoms with E-state index in [4.69, 9.17) is 15.2 Å². The van der Waals surface area contributed by atoms with Crippen molar-refractivity contribution in [3.8, 4) is 11.5 Å². The van der Waals surface area contributed by atoms with Gasteiger partial charge in [-0.3, -0.25) is 14.4 Å². The van der Waals surface area contributed by atoms with Gasteiger partial charge in [0.15, 0.2) is 6.61 Å². The van der Waals surface area contributed by atoms with E-state index in [2.05, 4.69) is 5.32 Å². The number of methoxy groups -OCH3 is 1. The molecule has 1 aliphatic rings. The number of nitrogens with zero attached hydrogens (tertiary/aromatic N) is 1. The minimum absolute atomic E-state index is 0.119. The van der Waals surface area contributed by atoms with Crippen molar-refractivity contribution < 1.29 is 23.9 Å². The largest absolute Gasteiger partial charge is 0.497 e. The highest BCUT2D eigenvalue weighted by Crippen LogP contribution is 2.31. The molecule has 3 rings (SSSR count). The van der Waals surface area contributed by atoms with Crippen molar-refractivity contribution in [1.82, 2.24) is 0 Å². The zero-order valence-corrected chi connectivity index (χ0v) is 15.6. The fraction of sp³-hybridized carbons (Fsp3) is 0.250. The van der Waals surface area contributed by atoms with Gasteiger partial charge in [-0.05, 0) is 37.3 Å². The Bertz CT molecular complexity index is 928. The van der Waals surface area contributed by atoms with E-state index in [1.807, 2.05) is 0 Å². The molecule has 1 aliphatic heterocycles. The van der Waals surface area contributed by atoms with Crippen molar-refractivity contribution >= 4 is 29.1 Å². The van der Waals surface area contributed by atoms with E-state index in [1.165, 1.54) is 24.1 Å². The van der Waals surface area contributed by atoms with E-state index in [9.17, 15) is 14.4 Å². The second-order valence-corrected chi connectivity index (χ2v) is 6.40. The summed E-state index contributed by atoms with van der Waals surface area (Å²) in [4.78, 5) is 38.2. The fourth-order valence-electron chi connectivity index (χ4n) is 3.13. The number of ether oxygens (including phenoxy) is 2. The number of fused-ring (bicyclic) bond motifs is 1. The second kappa shape index (κ2) is 7.99. The van der Waals surface area contributed by atoms with E-state index in [0.29, 0.717) is 17.1 Å². The third-order valence-electron chi connectivity index (χ3n) is 4.43.